The van der Waals surface area contributed by atoms with E-state index in [0.717, 1.165) is 23.7 Å². The summed E-state index contributed by atoms with van der Waals surface area (Å²) >= 11 is 0. The zero-order valence-corrected chi connectivity index (χ0v) is 22.6. The van der Waals surface area contributed by atoms with Gasteiger partial charge in [0, 0.05) is 12.2 Å². The Morgan fingerprint density at radius 1 is 0.793 bits per heavy atom. The summed E-state index contributed by atoms with van der Waals surface area (Å²) in [4.78, 5) is 0. The Balaban J connectivity index is 1.61. The molecule has 0 heterocycles. The molecule has 168 valence electrons. The summed E-state index contributed by atoms with van der Waals surface area (Å²) in [6.07, 6.45) is 13.6. The molecule has 8 atom stereocenters. The lowest BCUT2D eigenvalue weighted by Crippen LogP contribution is -2.60. The van der Waals surface area contributed by atoms with Crippen LogP contribution in [0.2, 0.25) is 39.3 Å². The minimum atomic E-state index is -1.55. The van der Waals surface area contributed by atoms with Crippen LogP contribution >= 0.6 is 0 Å². The van der Waals surface area contributed by atoms with Gasteiger partial charge in [0.25, 0.3) is 0 Å². The van der Waals surface area contributed by atoms with Crippen LogP contribution in [0, 0.1) is 34.5 Å². The van der Waals surface area contributed by atoms with E-state index < -0.39 is 16.6 Å². The first kappa shape index (κ1) is 22.5. The average Bonchev–Trinajstić information content (AvgIpc) is 2.93. The van der Waals surface area contributed by atoms with Crippen LogP contribution in [0.5, 0.6) is 0 Å². The molecule has 0 aromatic carbocycles. The molecule has 4 rings (SSSR count). The van der Waals surface area contributed by atoms with E-state index in [2.05, 4.69) is 53.1 Å². The predicted molar refractivity (Wildman–Crippen MR) is 128 cm³/mol. The first-order valence-electron chi connectivity index (χ1n) is 12.7. The quantitative estimate of drug-likeness (QED) is 0.425. The van der Waals surface area contributed by atoms with Crippen molar-refractivity contribution in [2.75, 3.05) is 0 Å². The molecular formula is C25H48O2Si2. The zero-order chi connectivity index (χ0) is 21.2. The van der Waals surface area contributed by atoms with Crippen molar-refractivity contribution in [3.8, 4) is 0 Å². The highest BCUT2D eigenvalue weighted by molar-refractivity contribution is 6.70. The molecule has 0 bridgehead atoms. The van der Waals surface area contributed by atoms with Crippen molar-refractivity contribution in [3.05, 3.63) is 0 Å². The normalized spacial score (nSPS) is 48.0. The van der Waals surface area contributed by atoms with E-state index in [1.807, 2.05) is 0 Å². The molecule has 8 unspecified atom stereocenters. The monoisotopic (exact) mass is 436 g/mol. The van der Waals surface area contributed by atoms with Crippen molar-refractivity contribution in [2.24, 2.45) is 34.5 Å². The second kappa shape index (κ2) is 7.45. The van der Waals surface area contributed by atoms with Gasteiger partial charge in [-0.3, -0.25) is 0 Å². The third kappa shape index (κ3) is 4.34. The van der Waals surface area contributed by atoms with E-state index in [1.165, 1.54) is 57.8 Å². The van der Waals surface area contributed by atoms with Crippen molar-refractivity contribution < 1.29 is 8.85 Å². The highest BCUT2D eigenvalue weighted by atomic mass is 28.4. The molecule has 0 saturated heterocycles. The average molecular weight is 437 g/mol. The van der Waals surface area contributed by atoms with Crippen molar-refractivity contribution in [1.29, 1.82) is 0 Å². The van der Waals surface area contributed by atoms with Gasteiger partial charge >= 0.3 is 0 Å². The number of rotatable bonds is 4. The van der Waals surface area contributed by atoms with Crippen LogP contribution in [0.15, 0.2) is 0 Å². The third-order valence-corrected chi connectivity index (χ3v) is 11.4. The van der Waals surface area contributed by atoms with Gasteiger partial charge in [0.15, 0.2) is 16.6 Å². The lowest BCUT2D eigenvalue weighted by atomic mass is 9.44. The Bertz CT molecular complexity index is 609. The second-order valence-electron chi connectivity index (χ2n) is 13.7. The highest BCUT2D eigenvalue weighted by Crippen LogP contribution is 2.67. The minimum absolute atomic E-state index is 0.469. The summed E-state index contributed by atoms with van der Waals surface area (Å²) in [7, 11) is -3.00. The molecule has 0 aliphatic heterocycles. The Labute approximate surface area is 183 Å². The van der Waals surface area contributed by atoms with Crippen LogP contribution in [0.1, 0.15) is 71.6 Å². The van der Waals surface area contributed by atoms with E-state index in [-0.39, 0.29) is 0 Å². The fraction of sp³-hybridized carbons (Fsp3) is 1.00. The molecule has 4 fully saturated rings. The van der Waals surface area contributed by atoms with Gasteiger partial charge in [-0.15, -0.1) is 0 Å². The molecule has 0 aromatic rings. The van der Waals surface area contributed by atoms with Gasteiger partial charge in [-0.1, -0.05) is 20.3 Å². The Hall–Kier alpha value is 0.354. The van der Waals surface area contributed by atoms with Crippen LogP contribution in [-0.4, -0.2) is 28.8 Å². The largest absolute Gasteiger partial charge is 0.415 e. The molecule has 4 aliphatic rings. The van der Waals surface area contributed by atoms with Crippen LogP contribution in [-0.2, 0) is 8.85 Å². The topological polar surface area (TPSA) is 18.5 Å². The summed E-state index contributed by atoms with van der Waals surface area (Å²) in [6.45, 7) is 19.6. The number of fused-ring (bicyclic) bond motifs is 5. The molecule has 0 spiro atoms. The number of hydrogen-bond acceptors (Lipinski definition) is 2. The van der Waals surface area contributed by atoms with Crippen LogP contribution in [0.4, 0.5) is 0 Å². The molecule has 4 heteroatoms. The first-order valence-corrected chi connectivity index (χ1v) is 19.5. The van der Waals surface area contributed by atoms with Crippen molar-refractivity contribution in [3.63, 3.8) is 0 Å². The van der Waals surface area contributed by atoms with E-state index in [0.29, 0.717) is 23.0 Å². The molecular weight excluding hydrogens is 388 g/mol. The van der Waals surface area contributed by atoms with Crippen molar-refractivity contribution in [2.45, 2.75) is 123 Å². The second-order valence-corrected chi connectivity index (χ2v) is 22.6. The van der Waals surface area contributed by atoms with E-state index in [1.54, 1.807) is 0 Å². The van der Waals surface area contributed by atoms with Crippen molar-refractivity contribution in [1.82, 2.24) is 0 Å². The number of hydrogen-bond donors (Lipinski definition) is 0. The maximum Gasteiger partial charge on any atom is 0.184 e. The fourth-order valence-corrected chi connectivity index (χ4v) is 10.8. The molecule has 0 aromatic heterocycles. The standard InChI is InChI=1S/C25H48O2Si2/c1-24-14-9-10-21(24)20-12-11-18-16-19(26-28(3,4)5)13-15-25(18,2)23(20)22(17-24)27-29(6,7)8/h18-23H,9-17H2,1-8H3. The SMILES string of the molecule is CC12CCCC1C1CCC3CC(O[Si](C)(C)C)CCC3(C)C1C(O[Si](C)(C)C)C2. The van der Waals surface area contributed by atoms with Gasteiger partial charge in [-0.2, -0.15) is 0 Å². The molecule has 29 heavy (non-hydrogen) atoms. The minimum Gasteiger partial charge on any atom is -0.415 e. The molecule has 0 amide bonds. The van der Waals surface area contributed by atoms with E-state index in [4.69, 9.17) is 8.85 Å². The summed E-state index contributed by atoms with van der Waals surface area (Å²) in [6, 6.07) is 0. The summed E-state index contributed by atoms with van der Waals surface area (Å²) in [5.41, 5.74) is 1.02. The molecule has 0 N–H and O–H groups in total. The van der Waals surface area contributed by atoms with E-state index >= 15 is 0 Å². The summed E-state index contributed by atoms with van der Waals surface area (Å²) < 4.78 is 13.7. The smallest absolute Gasteiger partial charge is 0.184 e. The van der Waals surface area contributed by atoms with E-state index in [9.17, 15) is 0 Å². The molecule has 0 radical (unpaired) electrons. The van der Waals surface area contributed by atoms with Crippen molar-refractivity contribution >= 4 is 16.6 Å². The molecule has 2 nitrogen and oxygen atoms in total. The third-order valence-electron chi connectivity index (χ3n) is 9.32. The van der Waals surface area contributed by atoms with Gasteiger partial charge in [0.05, 0.1) is 0 Å². The maximum atomic E-state index is 7.06. The summed E-state index contributed by atoms with van der Waals surface area (Å²) in [5.74, 6) is 3.50. The van der Waals surface area contributed by atoms with Crippen LogP contribution in [0.25, 0.3) is 0 Å². The molecule has 4 aliphatic carbocycles. The molecule has 4 saturated carbocycles. The van der Waals surface area contributed by atoms with Gasteiger partial charge in [-0.05, 0) is 125 Å². The van der Waals surface area contributed by atoms with Crippen LogP contribution in [0.3, 0.4) is 0 Å². The fourth-order valence-electron chi connectivity index (χ4n) is 8.49. The lowest BCUT2D eigenvalue weighted by Gasteiger charge is -2.63. The predicted octanol–water partition coefficient (Wildman–Crippen LogP) is 7.47. The maximum absolute atomic E-state index is 7.06. The first-order chi connectivity index (χ1) is 13.3. The lowest BCUT2D eigenvalue weighted by molar-refractivity contribution is -0.165. The zero-order valence-electron chi connectivity index (χ0n) is 20.6. The van der Waals surface area contributed by atoms with Gasteiger partial charge in [0.1, 0.15) is 0 Å². The van der Waals surface area contributed by atoms with Gasteiger partial charge in [-0.25, -0.2) is 0 Å². The Morgan fingerprint density at radius 2 is 1.48 bits per heavy atom. The summed E-state index contributed by atoms with van der Waals surface area (Å²) in [5, 5.41) is 0. The Morgan fingerprint density at radius 3 is 2.14 bits per heavy atom. The van der Waals surface area contributed by atoms with Gasteiger partial charge < -0.3 is 8.85 Å². The van der Waals surface area contributed by atoms with Gasteiger partial charge in [0.2, 0.25) is 0 Å². The highest BCUT2D eigenvalue weighted by Gasteiger charge is 2.61. The Kier molecular flexibility index (Phi) is 5.79. The van der Waals surface area contributed by atoms with Crippen LogP contribution < -0.4 is 0 Å².